The first-order valence-corrected chi connectivity index (χ1v) is 4.92. The molecule has 0 amide bonds. The fourth-order valence-corrected chi connectivity index (χ4v) is 2.27. The van der Waals surface area contributed by atoms with Gasteiger partial charge in [-0.05, 0) is 18.3 Å². The number of methoxy groups -OCH3 is 1. The molecular formula is C11H15F3O2. The molecule has 5 heteroatoms. The Morgan fingerprint density at radius 1 is 1.31 bits per heavy atom. The maximum atomic E-state index is 12.0. The maximum absolute atomic E-state index is 12.0. The molecule has 0 bridgehead atoms. The average Bonchev–Trinajstić information content (AvgIpc) is 2.56. The topological polar surface area (TPSA) is 26.3 Å². The summed E-state index contributed by atoms with van der Waals surface area (Å²) >= 11 is 0. The fourth-order valence-electron chi connectivity index (χ4n) is 2.27. The molecule has 1 saturated carbocycles. The molecule has 2 nitrogen and oxygen atoms in total. The van der Waals surface area contributed by atoms with Crippen LogP contribution in [0.1, 0.15) is 20.8 Å². The molecule has 0 heterocycles. The zero-order chi connectivity index (χ0) is 12.8. The van der Waals surface area contributed by atoms with Gasteiger partial charge in [0.1, 0.15) is 0 Å². The summed E-state index contributed by atoms with van der Waals surface area (Å²) in [6.07, 6.45) is -3.10. The molecule has 0 aromatic carbocycles. The van der Waals surface area contributed by atoms with E-state index in [4.69, 9.17) is 0 Å². The second-order valence-electron chi connectivity index (χ2n) is 4.79. The van der Waals surface area contributed by atoms with Gasteiger partial charge in [-0.2, -0.15) is 13.2 Å². The average molecular weight is 236 g/mol. The number of alkyl halides is 3. The van der Waals surface area contributed by atoms with E-state index >= 15 is 0 Å². The van der Waals surface area contributed by atoms with Crippen LogP contribution in [0.2, 0.25) is 0 Å². The molecule has 2 atom stereocenters. The smallest absolute Gasteiger partial charge is 0.409 e. The van der Waals surface area contributed by atoms with Crippen molar-refractivity contribution >= 4 is 5.97 Å². The van der Waals surface area contributed by atoms with Crippen molar-refractivity contribution in [2.45, 2.75) is 26.9 Å². The lowest BCUT2D eigenvalue weighted by Crippen LogP contribution is -2.19. The summed E-state index contributed by atoms with van der Waals surface area (Å²) in [4.78, 5) is 11.5. The van der Waals surface area contributed by atoms with Crippen LogP contribution in [0.15, 0.2) is 12.2 Å². The molecule has 0 aromatic rings. The van der Waals surface area contributed by atoms with Crippen molar-refractivity contribution in [3.8, 4) is 0 Å². The van der Waals surface area contributed by atoms with E-state index in [2.05, 4.69) is 4.74 Å². The van der Waals surface area contributed by atoms with Crippen LogP contribution in [0.3, 0.4) is 0 Å². The molecule has 1 rings (SSSR count). The minimum absolute atomic E-state index is 0.188. The van der Waals surface area contributed by atoms with Crippen LogP contribution in [0.4, 0.5) is 13.2 Å². The number of hydrogen-bond donors (Lipinski definition) is 0. The molecule has 16 heavy (non-hydrogen) atoms. The number of hydrogen-bond acceptors (Lipinski definition) is 2. The first-order chi connectivity index (χ1) is 7.07. The van der Waals surface area contributed by atoms with Crippen LogP contribution in [0.25, 0.3) is 0 Å². The van der Waals surface area contributed by atoms with Crippen LogP contribution < -0.4 is 0 Å². The standard InChI is InChI=1S/C11H15F3O2/c1-9(2)7(5-6-11(12,13)14)10(9,3)8(15)16-4/h5-7H,1-4H3. The van der Waals surface area contributed by atoms with Crippen molar-refractivity contribution < 1.29 is 22.7 Å². The van der Waals surface area contributed by atoms with Gasteiger partial charge in [0.15, 0.2) is 0 Å². The molecule has 0 aliphatic heterocycles. The highest BCUT2D eigenvalue weighted by molar-refractivity contribution is 5.82. The van der Waals surface area contributed by atoms with Crippen LogP contribution in [-0.4, -0.2) is 19.3 Å². The van der Waals surface area contributed by atoms with Crippen LogP contribution in [-0.2, 0) is 9.53 Å². The SMILES string of the molecule is COC(=O)C1(C)C(C=CC(F)(F)F)C1(C)C. The molecule has 1 aliphatic rings. The van der Waals surface area contributed by atoms with Gasteiger partial charge < -0.3 is 4.74 Å². The summed E-state index contributed by atoms with van der Waals surface area (Å²) in [5, 5.41) is 0. The second-order valence-corrected chi connectivity index (χ2v) is 4.79. The number of rotatable bonds is 2. The van der Waals surface area contributed by atoms with Gasteiger partial charge in [-0.25, -0.2) is 0 Å². The van der Waals surface area contributed by atoms with E-state index in [-0.39, 0.29) is 6.08 Å². The van der Waals surface area contributed by atoms with Crippen molar-refractivity contribution in [1.82, 2.24) is 0 Å². The highest BCUT2D eigenvalue weighted by Crippen LogP contribution is 2.69. The van der Waals surface area contributed by atoms with Gasteiger partial charge in [-0.1, -0.05) is 19.9 Å². The van der Waals surface area contributed by atoms with E-state index in [0.29, 0.717) is 0 Å². The van der Waals surface area contributed by atoms with Crippen molar-refractivity contribution in [1.29, 1.82) is 0 Å². The number of halogens is 3. The first kappa shape index (κ1) is 13.1. The normalized spacial score (nSPS) is 32.8. The number of allylic oxidation sites excluding steroid dienone is 2. The highest BCUT2D eigenvalue weighted by Gasteiger charge is 2.72. The molecule has 0 N–H and O–H groups in total. The number of carbonyl (C=O) groups is 1. The lowest BCUT2D eigenvalue weighted by molar-refractivity contribution is -0.148. The third-order valence-electron chi connectivity index (χ3n) is 3.74. The van der Waals surface area contributed by atoms with Gasteiger partial charge in [-0.3, -0.25) is 4.79 Å². The van der Waals surface area contributed by atoms with E-state index in [1.165, 1.54) is 7.11 Å². The molecule has 0 aromatic heterocycles. The minimum Gasteiger partial charge on any atom is -0.469 e. The van der Waals surface area contributed by atoms with Crippen molar-refractivity contribution in [2.24, 2.45) is 16.7 Å². The summed E-state index contributed by atoms with van der Waals surface area (Å²) in [5.41, 5.74) is -1.36. The Bertz CT molecular complexity index is 331. The fraction of sp³-hybridized carbons (Fsp3) is 0.727. The highest BCUT2D eigenvalue weighted by atomic mass is 19.4. The van der Waals surface area contributed by atoms with Gasteiger partial charge in [0.05, 0.1) is 12.5 Å². The van der Waals surface area contributed by atoms with E-state index in [9.17, 15) is 18.0 Å². The van der Waals surface area contributed by atoms with Gasteiger partial charge in [-0.15, -0.1) is 0 Å². The minimum atomic E-state index is -4.34. The lowest BCUT2D eigenvalue weighted by Gasteiger charge is -2.10. The van der Waals surface area contributed by atoms with Gasteiger partial charge in [0.25, 0.3) is 0 Å². The zero-order valence-electron chi connectivity index (χ0n) is 9.68. The van der Waals surface area contributed by atoms with E-state index in [1.807, 2.05) is 0 Å². The van der Waals surface area contributed by atoms with Crippen LogP contribution >= 0.6 is 0 Å². The van der Waals surface area contributed by atoms with Crippen molar-refractivity contribution in [3.05, 3.63) is 12.2 Å². The Morgan fingerprint density at radius 2 is 1.81 bits per heavy atom. The Balaban J connectivity index is 2.87. The third-order valence-corrected chi connectivity index (χ3v) is 3.74. The zero-order valence-corrected chi connectivity index (χ0v) is 9.68. The summed E-state index contributed by atoms with van der Waals surface area (Å²) in [7, 11) is 1.24. The number of ether oxygens (including phenoxy) is 1. The Labute approximate surface area is 92.5 Å². The third kappa shape index (κ3) is 1.83. The molecule has 0 saturated heterocycles. The largest absolute Gasteiger partial charge is 0.469 e. The summed E-state index contributed by atoms with van der Waals surface area (Å²) in [6.45, 7) is 5.15. The van der Waals surface area contributed by atoms with E-state index in [1.54, 1.807) is 20.8 Å². The number of carbonyl (C=O) groups excluding carboxylic acids is 1. The Morgan fingerprint density at radius 3 is 2.19 bits per heavy atom. The molecule has 1 fully saturated rings. The molecule has 92 valence electrons. The van der Waals surface area contributed by atoms with Crippen LogP contribution in [0, 0.1) is 16.7 Å². The Kier molecular flexibility index (Phi) is 2.86. The molecule has 1 aliphatic carbocycles. The summed E-state index contributed by atoms with van der Waals surface area (Å²) in [5.74, 6) is -0.900. The van der Waals surface area contributed by atoms with Crippen LogP contribution in [0.5, 0.6) is 0 Å². The Hall–Kier alpha value is -1.00. The second kappa shape index (κ2) is 3.50. The van der Waals surface area contributed by atoms with Gasteiger partial charge in [0, 0.05) is 6.08 Å². The van der Waals surface area contributed by atoms with Gasteiger partial charge >= 0.3 is 12.1 Å². The monoisotopic (exact) mass is 236 g/mol. The first-order valence-electron chi connectivity index (χ1n) is 4.92. The van der Waals surface area contributed by atoms with Crippen molar-refractivity contribution in [2.75, 3.05) is 7.11 Å². The molecule has 0 spiro atoms. The van der Waals surface area contributed by atoms with Crippen molar-refractivity contribution in [3.63, 3.8) is 0 Å². The van der Waals surface area contributed by atoms with E-state index < -0.39 is 28.9 Å². The predicted octanol–water partition coefficient (Wildman–Crippen LogP) is 2.94. The number of esters is 1. The lowest BCUT2D eigenvalue weighted by atomic mass is 9.99. The quantitative estimate of drug-likeness (QED) is 0.544. The maximum Gasteiger partial charge on any atom is 0.409 e. The summed E-state index contributed by atoms with van der Waals surface area (Å²) < 4.78 is 40.7. The van der Waals surface area contributed by atoms with Gasteiger partial charge in [0.2, 0.25) is 0 Å². The predicted molar refractivity (Wildman–Crippen MR) is 52.6 cm³/mol. The molecule has 0 radical (unpaired) electrons. The molecular weight excluding hydrogens is 221 g/mol. The molecule has 2 unspecified atom stereocenters. The summed E-state index contributed by atoms with van der Waals surface area (Å²) in [6, 6.07) is 0. The van der Waals surface area contributed by atoms with E-state index in [0.717, 1.165) is 6.08 Å².